The normalized spacial score (nSPS) is 23.6. The van der Waals surface area contributed by atoms with Crippen molar-refractivity contribution in [3.05, 3.63) is 54.1 Å². The summed E-state index contributed by atoms with van der Waals surface area (Å²) >= 11 is 6.25. The van der Waals surface area contributed by atoms with E-state index in [1.54, 1.807) is 24.3 Å². The number of carbonyl (C=O) groups is 1. The summed E-state index contributed by atoms with van der Waals surface area (Å²) in [6.07, 6.45) is -4.35. The number of anilines is 1. The molecule has 16 heteroatoms. The fourth-order valence-corrected chi connectivity index (χ4v) is 5.95. The summed E-state index contributed by atoms with van der Waals surface area (Å²) in [5, 5.41) is 34.5. The van der Waals surface area contributed by atoms with Crippen LogP contribution in [-0.4, -0.2) is 71.8 Å². The third kappa shape index (κ3) is 5.28. The van der Waals surface area contributed by atoms with E-state index in [1.807, 2.05) is 18.2 Å². The van der Waals surface area contributed by atoms with Crippen molar-refractivity contribution in [2.45, 2.75) is 37.5 Å². The van der Waals surface area contributed by atoms with Crippen molar-refractivity contribution in [1.82, 2.24) is 24.6 Å². The van der Waals surface area contributed by atoms with Crippen LogP contribution in [-0.2, 0) is 18.6 Å². The highest BCUT2D eigenvalue weighted by molar-refractivity contribution is 7.52. The number of hydrogen-bond donors (Lipinski definition) is 5. The monoisotopic (exact) mass is 578 g/mol. The number of nitrogens with two attached hydrogens (primary N) is 1. The number of aliphatic hydroxyl groups excluding tert-OH is 2. The second kappa shape index (κ2) is 10.7. The Morgan fingerprint density at radius 2 is 1.97 bits per heavy atom. The van der Waals surface area contributed by atoms with Crippen LogP contribution in [0, 0.1) is 0 Å². The number of hydrogen-bond acceptors (Lipinski definition) is 11. The highest BCUT2D eigenvalue weighted by Crippen LogP contribution is 2.47. The van der Waals surface area contributed by atoms with Crippen molar-refractivity contribution in [1.29, 1.82) is 0 Å². The van der Waals surface area contributed by atoms with Crippen LogP contribution in [0.25, 0.3) is 21.9 Å². The molecule has 39 heavy (non-hydrogen) atoms. The zero-order valence-electron chi connectivity index (χ0n) is 20.3. The highest BCUT2D eigenvalue weighted by atomic mass is 35.5. The van der Waals surface area contributed by atoms with E-state index in [-0.39, 0.29) is 28.0 Å². The minimum Gasteiger partial charge on any atom is -0.480 e. The quantitative estimate of drug-likeness (QED) is 0.143. The molecular formula is C23H24ClN6O8P. The van der Waals surface area contributed by atoms with Gasteiger partial charge in [-0.25, -0.2) is 19.5 Å². The predicted molar refractivity (Wildman–Crippen MR) is 139 cm³/mol. The summed E-state index contributed by atoms with van der Waals surface area (Å²) in [7, 11) is -4.38. The first-order valence-corrected chi connectivity index (χ1v) is 13.6. The predicted octanol–water partition coefficient (Wildman–Crippen LogP) is 2.10. The van der Waals surface area contributed by atoms with Crippen molar-refractivity contribution in [3.8, 4) is 5.75 Å². The first kappa shape index (κ1) is 27.2. The van der Waals surface area contributed by atoms with Crippen LogP contribution in [0.3, 0.4) is 0 Å². The average Bonchev–Trinajstić information content (AvgIpc) is 3.38. The SMILES string of the molecule is CC(NP(=O)(OC[C@H]1O[C@@H](n2c(Cl)nc3c(N)ncnc32)C(O)C1O)Oc1cccc2ccccc12)C(=O)O. The topological polar surface area (TPSA) is 204 Å². The first-order valence-electron chi connectivity index (χ1n) is 11.7. The van der Waals surface area contributed by atoms with Crippen molar-refractivity contribution in [3.63, 3.8) is 0 Å². The number of ether oxygens (including phenoxy) is 1. The number of aliphatic hydroxyl groups is 2. The van der Waals surface area contributed by atoms with Gasteiger partial charge < -0.3 is 30.3 Å². The molecule has 1 saturated heterocycles. The number of halogens is 1. The molecule has 0 amide bonds. The van der Waals surface area contributed by atoms with Crippen molar-refractivity contribution < 1.29 is 38.5 Å². The van der Waals surface area contributed by atoms with Crippen LogP contribution in [0.15, 0.2) is 48.8 Å². The Labute approximate surface area is 225 Å². The van der Waals surface area contributed by atoms with Crippen LogP contribution >= 0.6 is 19.3 Å². The third-order valence-corrected chi connectivity index (χ3v) is 8.05. The Balaban J connectivity index is 1.39. The van der Waals surface area contributed by atoms with E-state index in [4.69, 9.17) is 31.1 Å². The molecule has 0 saturated carbocycles. The lowest BCUT2D eigenvalue weighted by Crippen LogP contribution is -2.36. The molecule has 1 fully saturated rings. The molecule has 0 bridgehead atoms. The molecule has 4 unspecified atom stereocenters. The van der Waals surface area contributed by atoms with Gasteiger partial charge in [0.05, 0.1) is 6.61 Å². The number of aliphatic carboxylic acids is 1. The minimum absolute atomic E-state index is 0.0544. The van der Waals surface area contributed by atoms with Crippen LogP contribution in [0.4, 0.5) is 5.82 Å². The van der Waals surface area contributed by atoms with Gasteiger partial charge in [0.25, 0.3) is 0 Å². The fraction of sp³-hybridized carbons (Fsp3) is 0.304. The highest BCUT2D eigenvalue weighted by Gasteiger charge is 2.46. The molecule has 206 valence electrons. The smallest absolute Gasteiger partial charge is 0.459 e. The zero-order valence-corrected chi connectivity index (χ0v) is 21.9. The van der Waals surface area contributed by atoms with Gasteiger partial charge in [0.15, 0.2) is 23.2 Å². The molecule has 6 N–H and O–H groups in total. The summed E-state index contributed by atoms with van der Waals surface area (Å²) in [5.41, 5.74) is 6.16. The van der Waals surface area contributed by atoms with Gasteiger partial charge in [-0.15, -0.1) is 0 Å². The Morgan fingerprint density at radius 1 is 1.23 bits per heavy atom. The molecule has 4 aromatic rings. The number of rotatable bonds is 9. The summed E-state index contributed by atoms with van der Waals surface area (Å²) in [5.74, 6) is -1.06. The largest absolute Gasteiger partial charge is 0.480 e. The van der Waals surface area contributed by atoms with Crippen LogP contribution in [0.2, 0.25) is 5.28 Å². The molecule has 6 atom stereocenters. The van der Waals surface area contributed by atoms with Gasteiger partial charge in [-0.05, 0) is 30.0 Å². The van der Waals surface area contributed by atoms with E-state index in [9.17, 15) is 24.7 Å². The maximum absolute atomic E-state index is 13.8. The molecule has 5 rings (SSSR count). The Kier molecular flexibility index (Phi) is 7.44. The lowest BCUT2D eigenvalue weighted by Gasteiger charge is -2.24. The molecule has 14 nitrogen and oxygen atoms in total. The van der Waals surface area contributed by atoms with E-state index >= 15 is 0 Å². The number of nitrogens with zero attached hydrogens (tertiary/aromatic N) is 4. The molecule has 0 spiro atoms. The summed E-state index contributed by atoms with van der Waals surface area (Å²) in [4.78, 5) is 23.5. The van der Waals surface area contributed by atoms with Gasteiger partial charge in [-0.2, -0.15) is 5.09 Å². The molecular weight excluding hydrogens is 555 g/mol. The number of carboxylic acid groups (broad SMARTS) is 1. The Hall–Kier alpha value is -3.36. The number of nitrogens with one attached hydrogen (secondary N) is 1. The number of nitrogen functional groups attached to an aromatic ring is 1. The van der Waals surface area contributed by atoms with Gasteiger partial charge in [-0.3, -0.25) is 13.9 Å². The average molecular weight is 579 g/mol. The van der Waals surface area contributed by atoms with E-state index in [1.165, 1.54) is 17.8 Å². The van der Waals surface area contributed by atoms with E-state index in [0.717, 1.165) is 5.39 Å². The van der Waals surface area contributed by atoms with E-state index < -0.39 is 50.9 Å². The van der Waals surface area contributed by atoms with Crippen LogP contribution in [0.5, 0.6) is 5.75 Å². The number of aromatic nitrogens is 4. The molecule has 2 aromatic carbocycles. The lowest BCUT2D eigenvalue weighted by molar-refractivity contribution is -0.138. The fourth-order valence-electron chi connectivity index (χ4n) is 4.16. The van der Waals surface area contributed by atoms with Crippen LogP contribution < -0.4 is 15.3 Å². The number of benzene rings is 2. The second-order valence-electron chi connectivity index (χ2n) is 8.78. The maximum Gasteiger partial charge on any atom is 0.459 e. The molecule has 0 aliphatic carbocycles. The number of imidazole rings is 1. The first-order chi connectivity index (χ1) is 18.6. The zero-order chi connectivity index (χ0) is 27.9. The van der Waals surface area contributed by atoms with Crippen LogP contribution in [0.1, 0.15) is 13.2 Å². The van der Waals surface area contributed by atoms with E-state index in [0.29, 0.717) is 5.39 Å². The standard InChI is InChI=1S/C23H24ClN6O8P/c1-11(22(33)34)29-39(35,38-14-8-4-6-12-5-2-3-7-13(12)14)36-9-15-17(31)18(32)21(37-15)30-20-16(28-23(30)24)19(25)26-10-27-20/h2-8,10-11,15,17-18,21,31-32H,9H2,1H3,(H,29,35)(H,33,34)(H2,25,26,27)/t11?,15-,17?,18?,21-,39?/m1/s1. The lowest BCUT2D eigenvalue weighted by atomic mass is 10.1. The number of fused-ring (bicyclic) bond motifs is 2. The summed E-state index contributed by atoms with van der Waals surface area (Å²) < 4.78 is 32.1. The summed E-state index contributed by atoms with van der Waals surface area (Å²) in [6.45, 7) is 0.711. The number of carboxylic acids is 1. The maximum atomic E-state index is 13.8. The minimum atomic E-state index is -4.38. The third-order valence-electron chi connectivity index (χ3n) is 6.15. The van der Waals surface area contributed by atoms with Gasteiger partial charge in [0.2, 0.25) is 5.28 Å². The molecule has 1 aliphatic rings. The van der Waals surface area contributed by atoms with Gasteiger partial charge in [0.1, 0.15) is 36.4 Å². The Morgan fingerprint density at radius 3 is 2.74 bits per heavy atom. The molecule has 3 heterocycles. The van der Waals surface area contributed by atoms with Gasteiger partial charge in [-0.1, -0.05) is 36.4 Å². The van der Waals surface area contributed by atoms with Gasteiger partial charge >= 0.3 is 13.7 Å². The van der Waals surface area contributed by atoms with Gasteiger partial charge in [0, 0.05) is 5.39 Å². The van der Waals surface area contributed by atoms with Crippen molar-refractivity contribution >= 4 is 53.1 Å². The second-order valence-corrected chi connectivity index (χ2v) is 10.8. The molecule has 0 radical (unpaired) electrons. The van der Waals surface area contributed by atoms with E-state index in [2.05, 4.69) is 20.0 Å². The molecule has 2 aromatic heterocycles. The molecule has 1 aliphatic heterocycles. The van der Waals surface area contributed by atoms with Crippen molar-refractivity contribution in [2.75, 3.05) is 12.3 Å². The summed E-state index contributed by atoms with van der Waals surface area (Å²) in [6, 6.07) is 10.9. The Bertz CT molecular complexity index is 1580. The van der Waals surface area contributed by atoms with Crippen molar-refractivity contribution in [2.24, 2.45) is 0 Å².